The van der Waals surface area contributed by atoms with Crippen LogP contribution in [0.15, 0.2) is 24.3 Å². The van der Waals surface area contributed by atoms with E-state index in [0.717, 1.165) is 5.56 Å². The minimum atomic E-state index is -1.24. The summed E-state index contributed by atoms with van der Waals surface area (Å²) in [4.78, 5) is 39.9. The van der Waals surface area contributed by atoms with Crippen molar-refractivity contribution in [3.05, 3.63) is 29.8 Å². The molecule has 7 heteroatoms. The number of ether oxygens (including phenoxy) is 1. The summed E-state index contributed by atoms with van der Waals surface area (Å²) in [5, 5.41) is 12.8. The highest BCUT2D eigenvalue weighted by molar-refractivity contribution is 6.09. The number of benzene rings is 1. The van der Waals surface area contributed by atoms with E-state index in [1.54, 1.807) is 26.0 Å². The molecule has 26 heavy (non-hydrogen) atoms. The Kier molecular flexibility index (Phi) is 4.75. The highest BCUT2D eigenvalue weighted by Gasteiger charge is 2.67. The number of hydrogen-bond donors (Lipinski definition) is 2. The minimum Gasteiger partial charge on any atom is -0.508 e. The molecule has 0 spiro atoms. The second-order valence-corrected chi connectivity index (χ2v) is 6.68. The number of aromatic hydroxyl groups is 1. The van der Waals surface area contributed by atoms with E-state index in [2.05, 4.69) is 5.32 Å². The van der Waals surface area contributed by atoms with Crippen LogP contribution in [0.3, 0.4) is 0 Å². The number of hydrogen-bond acceptors (Lipinski definition) is 6. The number of amides is 2. The minimum absolute atomic E-state index is 0.111. The summed E-state index contributed by atoms with van der Waals surface area (Å²) in [5.74, 6) is -2.45. The van der Waals surface area contributed by atoms with E-state index in [-0.39, 0.29) is 30.7 Å². The van der Waals surface area contributed by atoms with Gasteiger partial charge in [0.25, 0.3) is 0 Å². The maximum absolute atomic E-state index is 13.0. The second-order valence-electron chi connectivity index (χ2n) is 6.68. The zero-order chi connectivity index (χ0) is 19.1. The molecule has 4 atom stereocenters. The molecule has 0 radical (unpaired) electrons. The standard InChI is InChI=1S/C19H24N2O5/c1-4-19(18(25)26-6-3)14-13(16(23)21(5-2)17(14)24)15(20-19)11-7-9-12(22)10-8-11/h7-10,13-15,20,22H,4-6H2,1-3H3/t13-,14+,15-,19-/m1/s1. The quantitative estimate of drug-likeness (QED) is 0.608. The van der Waals surface area contributed by atoms with E-state index in [0.29, 0.717) is 6.42 Å². The van der Waals surface area contributed by atoms with E-state index in [1.165, 1.54) is 17.0 Å². The molecule has 0 aliphatic carbocycles. The topological polar surface area (TPSA) is 95.9 Å². The van der Waals surface area contributed by atoms with Gasteiger partial charge in [-0.2, -0.15) is 0 Å². The van der Waals surface area contributed by atoms with Crippen molar-refractivity contribution < 1.29 is 24.2 Å². The Morgan fingerprint density at radius 2 is 1.85 bits per heavy atom. The number of imide groups is 1. The van der Waals surface area contributed by atoms with Crippen LogP contribution in [0.25, 0.3) is 0 Å². The molecular formula is C19H24N2O5. The van der Waals surface area contributed by atoms with E-state index in [4.69, 9.17) is 4.74 Å². The third kappa shape index (κ3) is 2.49. The number of phenolic OH excluding ortho intramolecular Hbond substituents is 1. The van der Waals surface area contributed by atoms with Gasteiger partial charge >= 0.3 is 5.97 Å². The zero-order valence-corrected chi connectivity index (χ0v) is 15.2. The van der Waals surface area contributed by atoms with E-state index < -0.39 is 29.4 Å². The Labute approximate surface area is 152 Å². The number of fused-ring (bicyclic) bond motifs is 1. The van der Waals surface area contributed by atoms with Crippen LogP contribution < -0.4 is 5.32 Å². The number of carbonyl (C=O) groups is 3. The first-order valence-corrected chi connectivity index (χ1v) is 9.00. The van der Waals surface area contributed by atoms with Crippen LogP contribution in [0.2, 0.25) is 0 Å². The molecule has 140 valence electrons. The van der Waals surface area contributed by atoms with Crippen LogP contribution in [0.5, 0.6) is 5.75 Å². The van der Waals surface area contributed by atoms with Gasteiger partial charge in [0.15, 0.2) is 0 Å². The monoisotopic (exact) mass is 360 g/mol. The van der Waals surface area contributed by atoms with Crippen molar-refractivity contribution in [1.29, 1.82) is 0 Å². The number of nitrogens with zero attached hydrogens (tertiary/aromatic N) is 1. The first kappa shape index (κ1) is 18.4. The maximum Gasteiger partial charge on any atom is 0.327 e. The first-order chi connectivity index (χ1) is 12.4. The fourth-order valence-corrected chi connectivity index (χ4v) is 4.26. The summed E-state index contributed by atoms with van der Waals surface area (Å²) >= 11 is 0. The highest BCUT2D eigenvalue weighted by Crippen LogP contribution is 2.50. The fourth-order valence-electron chi connectivity index (χ4n) is 4.26. The molecular weight excluding hydrogens is 336 g/mol. The number of phenols is 1. The van der Waals surface area contributed by atoms with Crippen LogP contribution >= 0.6 is 0 Å². The van der Waals surface area contributed by atoms with E-state index >= 15 is 0 Å². The molecule has 2 aliphatic rings. The molecule has 0 aromatic heterocycles. The predicted octanol–water partition coefficient (Wildman–Crippen LogP) is 1.37. The molecule has 0 saturated carbocycles. The molecule has 0 bridgehead atoms. The summed E-state index contributed by atoms with van der Waals surface area (Å²) in [6.07, 6.45) is 0.332. The summed E-state index contributed by atoms with van der Waals surface area (Å²) in [7, 11) is 0. The normalized spacial score (nSPS) is 30.6. The van der Waals surface area contributed by atoms with Gasteiger partial charge < -0.3 is 9.84 Å². The van der Waals surface area contributed by atoms with Gasteiger partial charge in [-0.25, -0.2) is 0 Å². The van der Waals surface area contributed by atoms with Gasteiger partial charge in [-0.15, -0.1) is 0 Å². The number of nitrogens with one attached hydrogen (secondary N) is 1. The number of rotatable bonds is 5. The van der Waals surface area contributed by atoms with Crippen molar-refractivity contribution in [1.82, 2.24) is 10.2 Å². The number of likely N-dealkylation sites (tertiary alicyclic amines) is 1. The van der Waals surface area contributed by atoms with Gasteiger partial charge in [-0.05, 0) is 38.0 Å². The molecule has 0 unspecified atom stereocenters. The summed E-state index contributed by atoms with van der Waals surface area (Å²) in [5.41, 5.74) is -0.489. The van der Waals surface area contributed by atoms with Crippen molar-refractivity contribution in [3.63, 3.8) is 0 Å². The van der Waals surface area contributed by atoms with Gasteiger partial charge in [0.1, 0.15) is 11.3 Å². The summed E-state index contributed by atoms with van der Waals surface area (Å²) in [6, 6.07) is 5.96. The second kappa shape index (κ2) is 6.72. The lowest BCUT2D eigenvalue weighted by atomic mass is 9.78. The van der Waals surface area contributed by atoms with Crippen molar-refractivity contribution in [2.45, 2.75) is 38.8 Å². The van der Waals surface area contributed by atoms with Crippen molar-refractivity contribution in [2.75, 3.05) is 13.2 Å². The average Bonchev–Trinajstić information content (AvgIpc) is 3.11. The van der Waals surface area contributed by atoms with Gasteiger partial charge in [0.05, 0.1) is 18.4 Å². The van der Waals surface area contributed by atoms with Gasteiger partial charge in [0.2, 0.25) is 11.8 Å². The molecule has 7 nitrogen and oxygen atoms in total. The Morgan fingerprint density at radius 1 is 1.19 bits per heavy atom. The Hall–Kier alpha value is -2.41. The van der Waals surface area contributed by atoms with E-state index in [1.807, 2.05) is 6.92 Å². The maximum atomic E-state index is 13.0. The van der Waals surface area contributed by atoms with Gasteiger partial charge in [0, 0.05) is 12.6 Å². The zero-order valence-electron chi connectivity index (χ0n) is 15.2. The lowest BCUT2D eigenvalue weighted by Crippen LogP contribution is -2.56. The third-order valence-corrected chi connectivity index (χ3v) is 5.51. The molecule has 1 aromatic rings. The Balaban J connectivity index is 2.11. The van der Waals surface area contributed by atoms with Crippen LogP contribution in [0, 0.1) is 11.8 Å². The molecule has 2 N–H and O–H groups in total. The molecule has 2 fully saturated rings. The van der Waals surface area contributed by atoms with E-state index in [9.17, 15) is 19.5 Å². The largest absolute Gasteiger partial charge is 0.508 e. The highest BCUT2D eigenvalue weighted by atomic mass is 16.5. The molecule has 2 saturated heterocycles. The molecule has 3 rings (SSSR count). The molecule has 2 aliphatic heterocycles. The molecule has 2 amide bonds. The van der Waals surface area contributed by atoms with Crippen molar-refractivity contribution >= 4 is 17.8 Å². The molecule has 2 heterocycles. The Morgan fingerprint density at radius 3 is 2.38 bits per heavy atom. The van der Waals surface area contributed by atoms with Crippen molar-refractivity contribution in [3.8, 4) is 5.75 Å². The number of esters is 1. The fraction of sp³-hybridized carbons (Fsp3) is 0.526. The predicted molar refractivity (Wildman–Crippen MR) is 93.0 cm³/mol. The van der Waals surface area contributed by atoms with Crippen LogP contribution in [-0.4, -0.2) is 46.5 Å². The van der Waals surface area contributed by atoms with Gasteiger partial charge in [-0.1, -0.05) is 19.1 Å². The average molecular weight is 360 g/mol. The van der Waals surface area contributed by atoms with Crippen molar-refractivity contribution in [2.24, 2.45) is 11.8 Å². The lowest BCUT2D eigenvalue weighted by Gasteiger charge is -2.31. The first-order valence-electron chi connectivity index (χ1n) is 9.00. The van der Waals surface area contributed by atoms with Crippen LogP contribution in [0.1, 0.15) is 38.8 Å². The van der Waals surface area contributed by atoms with Crippen LogP contribution in [-0.2, 0) is 19.1 Å². The number of carbonyl (C=O) groups excluding carboxylic acids is 3. The third-order valence-electron chi connectivity index (χ3n) is 5.51. The summed E-state index contributed by atoms with van der Waals surface area (Å²) in [6.45, 7) is 5.74. The molecule has 1 aromatic carbocycles. The lowest BCUT2D eigenvalue weighted by molar-refractivity contribution is -0.156. The smallest absolute Gasteiger partial charge is 0.327 e. The van der Waals surface area contributed by atoms with Gasteiger partial charge in [-0.3, -0.25) is 24.6 Å². The SMILES string of the molecule is CCOC(=O)[C@]1(CC)N[C@H](c2ccc(O)cc2)[C@@H]2C(=O)N(CC)C(=O)[C@H]21. The Bertz CT molecular complexity index is 732. The van der Waals surface area contributed by atoms with Crippen LogP contribution in [0.4, 0.5) is 0 Å². The summed E-state index contributed by atoms with van der Waals surface area (Å²) < 4.78 is 5.26.